The van der Waals surface area contributed by atoms with Crippen LogP contribution in [0.2, 0.25) is 5.02 Å². The van der Waals surface area contributed by atoms with Gasteiger partial charge in [-0.15, -0.1) is 0 Å². The lowest BCUT2D eigenvalue weighted by molar-refractivity contribution is 0.449. The Morgan fingerprint density at radius 1 is 1.19 bits per heavy atom. The number of imidazole rings is 1. The third-order valence-corrected chi connectivity index (χ3v) is 5.64. The zero-order chi connectivity index (χ0) is 25.5. The van der Waals surface area contributed by atoms with Crippen molar-refractivity contribution in [3.05, 3.63) is 88.0 Å². The summed E-state index contributed by atoms with van der Waals surface area (Å²) >= 11 is 6.05. The van der Waals surface area contributed by atoms with Gasteiger partial charge in [0.1, 0.15) is 5.75 Å². The Labute approximate surface area is 212 Å². The SMILES string of the molecule is C/C=C\C(=N/C)Oc1ccc(Nc2nc(=O)c3c(ncn3CCCF)n2Cc2ccc(Cl)cc2)cc1. The maximum Gasteiger partial charge on any atom is 0.300 e. The van der Waals surface area contributed by atoms with Crippen LogP contribution in [-0.2, 0) is 13.1 Å². The van der Waals surface area contributed by atoms with Crippen LogP contribution in [0.15, 0.2) is 76.8 Å². The van der Waals surface area contributed by atoms with Crippen molar-refractivity contribution in [2.75, 3.05) is 19.0 Å². The lowest BCUT2D eigenvalue weighted by Crippen LogP contribution is -2.20. The highest BCUT2D eigenvalue weighted by atomic mass is 35.5. The number of aliphatic imine (C=N–C) groups is 1. The van der Waals surface area contributed by atoms with Crippen LogP contribution >= 0.6 is 11.6 Å². The summed E-state index contributed by atoms with van der Waals surface area (Å²) in [6.07, 6.45) is 5.46. The van der Waals surface area contributed by atoms with Crippen molar-refractivity contribution >= 4 is 40.3 Å². The predicted molar refractivity (Wildman–Crippen MR) is 141 cm³/mol. The topological polar surface area (TPSA) is 86.3 Å². The van der Waals surface area contributed by atoms with Crippen molar-refractivity contribution in [1.82, 2.24) is 19.1 Å². The fourth-order valence-corrected chi connectivity index (χ4v) is 3.79. The first-order valence-corrected chi connectivity index (χ1v) is 11.8. The molecule has 4 aromatic rings. The quantitative estimate of drug-likeness (QED) is 0.242. The number of benzene rings is 2. The number of hydrogen-bond acceptors (Lipinski definition) is 6. The summed E-state index contributed by atoms with van der Waals surface area (Å²) < 4.78 is 22.0. The second-order valence-electron chi connectivity index (χ2n) is 7.92. The Bertz CT molecular complexity index is 1440. The third kappa shape index (κ3) is 5.80. The molecule has 10 heteroatoms. The first-order chi connectivity index (χ1) is 17.5. The molecule has 0 spiro atoms. The zero-order valence-corrected chi connectivity index (χ0v) is 20.7. The van der Waals surface area contributed by atoms with Gasteiger partial charge in [0.05, 0.1) is 19.5 Å². The number of nitrogens with one attached hydrogen (secondary N) is 1. The number of allylic oxidation sites excluding steroid dienone is 1. The molecule has 2 aromatic heterocycles. The highest BCUT2D eigenvalue weighted by Gasteiger charge is 2.17. The molecular weight excluding hydrogens is 483 g/mol. The largest absolute Gasteiger partial charge is 0.439 e. The van der Waals surface area contributed by atoms with Gasteiger partial charge < -0.3 is 14.6 Å². The van der Waals surface area contributed by atoms with E-state index in [-0.39, 0.29) is 6.42 Å². The zero-order valence-electron chi connectivity index (χ0n) is 20.0. The molecule has 0 amide bonds. The van der Waals surface area contributed by atoms with Crippen LogP contribution in [0.25, 0.3) is 11.2 Å². The number of fused-ring (bicyclic) bond motifs is 1. The van der Waals surface area contributed by atoms with Crippen LogP contribution < -0.4 is 15.6 Å². The van der Waals surface area contributed by atoms with Gasteiger partial charge >= 0.3 is 5.56 Å². The van der Waals surface area contributed by atoms with Crippen molar-refractivity contribution in [3.8, 4) is 5.75 Å². The molecule has 0 atom stereocenters. The van der Waals surface area contributed by atoms with E-state index in [0.29, 0.717) is 52.6 Å². The van der Waals surface area contributed by atoms with E-state index >= 15 is 0 Å². The van der Waals surface area contributed by atoms with Crippen LogP contribution in [0.5, 0.6) is 5.75 Å². The minimum Gasteiger partial charge on any atom is -0.439 e. The molecule has 0 aliphatic carbocycles. The van der Waals surface area contributed by atoms with Gasteiger partial charge in [0.15, 0.2) is 11.2 Å². The lowest BCUT2D eigenvalue weighted by atomic mass is 10.2. The molecule has 0 aliphatic heterocycles. The Morgan fingerprint density at radius 2 is 1.94 bits per heavy atom. The van der Waals surface area contributed by atoms with Crippen LogP contribution in [0.4, 0.5) is 16.0 Å². The highest BCUT2D eigenvalue weighted by Crippen LogP contribution is 2.23. The molecular formula is C26H26ClFN6O2. The molecule has 0 saturated carbocycles. The summed E-state index contributed by atoms with van der Waals surface area (Å²) in [5, 5.41) is 3.85. The molecule has 0 fully saturated rings. The van der Waals surface area contributed by atoms with E-state index in [0.717, 1.165) is 5.56 Å². The number of aryl methyl sites for hydroxylation is 1. The number of rotatable bonds is 9. The standard InChI is InChI=1S/C26H26ClFN6O2/c1-3-5-22(29-2)36-21-12-10-20(11-13-21)31-26-32-25(35)23-24(30-17-33(23)15-4-14-28)34(26)16-18-6-8-19(27)9-7-18/h3,5-13,17H,4,14-16H2,1-2H3,(H,31,32,35)/b5-3-,29-22+. The Hall–Kier alpha value is -3.98. The number of nitrogens with zero attached hydrogens (tertiary/aromatic N) is 5. The molecule has 0 unspecified atom stereocenters. The molecule has 0 aliphatic rings. The van der Waals surface area contributed by atoms with E-state index in [4.69, 9.17) is 16.3 Å². The highest BCUT2D eigenvalue weighted by molar-refractivity contribution is 6.30. The van der Waals surface area contributed by atoms with Crippen molar-refractivity contribution in [3.63, 3.8) is 0 Å². The summed E-state index contributed by atoms with van der Waals surface area (Å²) in [5.41, 5.74) is 2.01. The average Bonchev–Trinajstić information content (AvgIpc) is 3.31. The number of aromatic nitrogens is 4. The molecule has 0 radical (unpaired) electrons. The second-order valence-corrected chi connectivity index (χ2v) is 8.36. The van der Waals surface area contributed by atoms with Crippen LogP contribution in [0.1, 0.15) is 18.9 Å². The number of halogens is 2. The number of ether oxygens (including phenoxy) is 1. The average molecular weight is 509 g/mol. The van der Waals surface area contributed by atoms with E-state index in [1.807, 2.05) is 41.8 Å². The lowest BCUT2D eigenvalue weighted by Gasteiger charge is -2.16. The Kier molecular flexibility index (Phi) is 8.12. The minimum absolute atomic E-state index is 0.287. The first kappa shape index (κ1) is 25.1. The molecule has 0 bridgehead atoms. The number of alkyl halides is 1. The van der Waals surface area contributed by atoms with Crippen LogP contribution in [-0.4, -0.2) is 38.7 Å². The number of anilines is 2. The summed E-state index contributed by atoms with van der Waals surface area (Å²) in [7, 11) is 1.66. The molecule has 0 saturated heterocycles. The summed E-state index contributed by atoms with van der Waals surface area (Å²) in [4.78, 5) is 25.9. The van der Waals surface area contributed by atoms with Gasteiger partial charge in [-0.2, -0.15) is 4.98 Å². The normalized spacial score (nSPS) is 11.9. The summed E-state index contributed by atoms with van der Waals surface area (Å²) in [6.45, 7) is 2.14. The molecule has 4 rings (SSSR count). The Balaban J connectivity index is 1.70. The maximum atomic E-state index is 13.0. The van der Waals surface area contributed by atoms with E-state index < -0.39 is 12.2 Å². The van der Waals surface area contributed by atoms with Gasteiger partial charge in [-0.05, 0) is 61.4 Å². The van der Waals surface area contributed by atoms with Crippen molar-refractivity contribution < 1.29 is 9.13 Å². The van der Waals surface area contributed by atoms with Crippen molar-refractivity contribution in [2.45, 2.75) is 26.4 Å². The minimum atomic E-state index is -0.480. The van der Waals surface area contributed by atoms with Crippen LogP contribution in [0.3, 0.4) is 0 Å². The van der Waals surface area contributed by atoms with Crippen molar-refractivity contribution in [1.29, 1.82) is 0 Å². The predicted octanol–water partition coefficient (Wildman–Crippen LogP) is 5.38. The van der Waals surface area contributed by atoms with Gasteiger partial charge in [0, 0.05) is 24.3 Å². The van der Waals surface area contributed by atoms with Gasteiger partial charge in [-0.1, -0.05) is 29.8 Å². The molecule has 36 heavy (non-hydrogen) atoms. The third-order valence-electron chi connectivity index (χ3n) is 5.39. The fourth-order valence-electron chi connectivity index (χ4n) is 3.67. The molecule has 2 aromatic carbocycles. The maximum absolute atomic E-state index is 13.0. The first-order valence-electron chi connectivity index (χ1n) is 11.4. The molecule has 2 heterocycles. The van der Waals surface area contributed by atoms with Gasteiger partial charge in [0.25, 0.3) is 0 Å². The van der Waals surface area contributed by atoms with E-state index in [1.54, 1.807) is 48.3 Å². The molecule has 186 valence electrons. The molecule has 8 nitrogen and oxygen atoms in total. The Morgan fingerprint density at radius 3 is 2.61 bits per heavy atom. The van der Waals surface area contributed by atoms with Gasteiger partial charge in [-0.3, -0.25) is 18.7 Å². The monoisotopic (exact) mass is 508 g/mol. The molecule has 1 N–H and O–H groups in total. The fraction of sp³-hybridized carbons (Fsp3) is 0.231. The summed E-state index contributed by atoms with van der Waals surface area (Å²) in [6, 6.07) is 14.6. The number of hydrogen-bond donors (Lipinski definition) is 1. The van der Waals surface area contributed by atoms with Crippen LogP contribution in [0, 0.1) is 0 Å². The van der Waals surface area contributed by atoms with Gasteiger partial charge in [-0.25, -0.2) is 4.98 Å². The second kappa shape index (κ2) is 11.6. The van der Waals surface area contributed by atoms with E-state index in [1.165, 1.54) is 0 Å². The van der Waals surface area contributed by atoms with E-state index in [9.17, 15) is 9.18 Å². The summed E-state index contributed by atoms with van der Waals surface area (Å²) in [5.74, 6) is 1.44. The van der Waals surface area contributed by atoms with Gasteiger partial charge in [0.2, 0.25) is 11.8 Å². The van der Waals surface area contributed by atoms with E-state index in [2.05, 4.69) is 20.3 Å². The van der Waals surface area contributed by atoms with Crippen molar-refractivity contribution in [2.24, 2.45) is 4.99 Å². The smallest absolute Gasteiger partial charge is 0.300 e.